The van der Waals surface area contributed by atoms with Gasteiger partial charge in [-0.05, 0) is 92.7 Å². The first-order valence-electron chi connectivity index (χ1n) is 6.51. The van der Waals surface area contributed by atoms with Gasteiger partial charge in [-0.25, -0.2) is 0 Å². The smallest absolute Gasteiger partial charge is 0.255 e. The van der Waals surface area contributed by atoms with Crippen molar-refractivity contribution in [2.75, 3.05) is 7.05 Å². The van der Waals surface area contributed by atoms with Crippen molar-refractivity contribution in [2.24, 2.45) is 0 Å². The molecule has 0 aromatic heterocycles. The van der Waals surface area contributed by atoms with Crippen molar-refractivity contribution in [1.29, 1.82) is 0 Å². The van der Waals surface area contributed by atoms with Gasteiger partial charge in [-0.15, -0.1) is 0 Å². The summed E-state index contributed by atoms with van der Waals surface area (Å²) < 4.78 is 3.15. The molecule has 0 spiro atoms. The maximum atomic E-state index is 12.7. The number of amides is 1. The average Bonchev–Trinajstić information content (AvgIpc) is 2.42. The highest BCUT2D eigenvalue weighted by Gasteiger charge is 2.30. The molecule has 1 N–H and O–H groups in total. The second-order valence-corrected chi connectivity index (χ2v) is 8.57. The van der Waals surface area contributed by atoms with E-state index in [1.807, 2.05) is 13.1 Å². The Bertz CT molecular complexity index is 521. The summed E-state index contributed by atoms with van der Waals surface area (Å²) in [7, 11) is 1.81. The van der Waals surface area contributed by atoms with Crippen LogP contribution in [0.1, 0.15) is 36.0 Å². The number of benzene rings is 1. The van der Waals surface area contributed by atoms with Crippen molar-refractivity contribution in [3.63, 3.8) is 0 Å². The van der Waals surface area contributed by atoms with Crippen LogP contribution in [0.2, 0.25) is 0 Å². The Balaban J connectivity index is 2.26. The summed E-state index contributed by atoms with van der Waals surface area (Å²) in [5.41, 5.74) is 0.738. The first kappa shape index (κ1) is 17.2. The maximum Gasteiger partial charge on any atom is 0.255 e. The second-order valence-electron chi connectivity index (χ2n) is 5.08. The maximum absolute atomic E-state index is 12.7. The number of carbonyl (C=O) groups is 1. The molecular formula is C14H16I3NO2. The monoisotopic (exact) mass is 611 g/mol. The standard InChI is InChI=1S/C14H16I3NO2/c1-18(11-4-2-3-5-12(11)19)14(20)9-6-8(15)7-10(16)13(9)17/h6-7,11-12,19H,2-5H2,1H3. The van der Waals surface area contributed by atoms with Gasteiger partial charge in [0.1, 0.15) is 0 Å². The summed E-state index contributed by atoms with van der Waals surface area (Å²) in [4.78, 5) is 14.4. The topological polar surface area (TPSA) is 40.5 Å². The highest BCUT2D eigenvalue weighted by molar-refractivity contribution is 14.1. The second kappa shape index (κ2) is 7.40. The van der Waals surface area contributed by atoms with Gasteiger partial charge in [-0.3, -0.25) is 4.79 Å². The summed E-state index contributed by atoms with van der Waals surface area (Å²) in [6, 6.07) is 3.94. The molecule has 0 bridgehead atoms. The Morgan fingerprint density at radius 2 is 1.90 bits per heavy atom. The molecule has 110 valence electrons. The Labute approximate surface area is 160 Å². The fourth-order valence-electron chi connectivity index (χ4n) is 2.60. The largest absolute Gasteiger partial charge is 0.391 e. The molecule has 1 aliphatic carbocycles. The summed E-state index contributed by atoms with van der Waals surface area (Å²) in [5, 5.41) is 10.1. The molecule has 1 aromatic carbocycles. The molecule has 0 saturated heterocycles. The zero-order chi connectivity index (χ0) is 14.9. The van der Waals surface area contributed by atoms with Gasteiger partial charge < -0.3 is 10.0 Å². The molecule has 0 radical (unpaired) electrons. The van der Waals surface area contributed by atoms with Crippen molar-refractivity contribution in [3.05, 3.63) is 28.4 Å². The predicted octanol–water partition coefficient (Wildman–Crippen LogP) is 3.88. The Hall–Kier alpha value is 0.840. The van der Waals surface area contributed by atoms with Crippen LogP contribution in [0.4, 0.5) is 0 Å². The van der Waals surface area contributed by atoms with E-state index in [0.717, 1.165) is 42.0 Å². The van der Waals surface area contributed by atoms with Crippen molar-refractivity contribution in [3.8, 4) is 0 Å². The fraction of sp³-hybridized carbons (Fsp3) is 0.500. The molecule has 1 aliphatic rings. The van der Waals surface area contributed by atoms with E-state index < -0.39 is 6.10 Å². The number of likely N-dealkylation sites (N-methyl/N-ethyl adjacent to an activating group) is 1. The third-order valence-electron chi connectivity index (χ3n) is 3.74. The molecule has 6 heteroatoms. The number of hydrogen-bond acceptors (Lipinski definition) is 2. The zero-order valence-electron chi connectivity index (χ0n) is 11.1. The molecule has 0 heterocycles. The summed E-state index contributed by atoms with van der Waals surface area (Å²) in [6.45, 7) is 0. The van der Waals surface area contributed by atoms with E-state index in [2.05, 4.69) is 73.8 Å². The molecule has 2 atom stereocenters. The number of carbonyl (C=O) groups excluding carboxylic acids is 1. The quantitative estimate of drug-likeness (QED) is 0.408. The number of aliphatic hydroxyl groups is 1. The first-order valence-corrected chi connectivity index (χ1v) is 9.75. The van der Waals surface area contributed by atoms with Crippen molar-refractivity contribution in [2.45, 2.75) is 37.8 Å². The van der Waals surface area contributed by atoms with Crippen LogP contribution in [-0.4, -0.2) is 35.1 Å². The van der Waals surface area contributed by atoms with Gasteiger partial charge in [0.15, 0.2) is 0 Å². The predicted molar refractivity (Wildman–Crippen MR) is 105 cm³/mol. The minimum atomic E-state index is -0.391. The molecule has 1 amide bonds. The highest BCUT2D eigenvalue weighted by atomic mass is 127. The highest BCUT2D eigenvalue weighted by Crippen LogP contribution is 2.27. The van der Waals surface area contributed by atoms with Crippen LogP contribution in [0.3, 0.4) is 0 Å². The summed E-state index contributed by atoms with van der Waals surface area (Å²) in [5.74, 6) is 0.0109. The molecule has 2 rings (SSSR count). The molecule has 1 saturated carbocycles. The van der Waals surface area contributed by atoms with E-state index in [9.17, 15) is 9.90 Å². The SMILES string of the molecule is CN(C(=O)c1cc(I)cc(I)c1I)C1CCCCC1O. The molecule has 20 heavy (non-hydrogen) atoms. The lowest BCUT2D eigenvalue weighted by Crippen LogP contribution is -2.46. The minimum absolute atomic E-state index is 0.0109. The molecule has 3 nitrogen and oxygen atoms in total. The van der Waals surface area contributed by atoms with Crippen LogP contribution in [0, 0.1) is 10.7 Å². The number of nitrogens with zero attached hydrogens (tertiary/aromatic N) is 1. The number of aliphatic hydroxyl groups excluding tert-OH is 1. The van der Waals surface area contributed by atoms with E-state index in [1.165, 1.54) is 0 Å². The Kier molecular flexibility index (Phi) is 6.37. The lowest BCUT2D eigenvalue weighted by atomic mass is 9.91. The third kappa shape index (κ3) is 3.78. The van der Waals surface area contributed by atoms with E-state index in [1.54, 1.807) is 4.90 Å². The van der Waals surface area contributed by atoms with Crippen LogP contribution in [0.15, 0.2) is 12.1 Å². The Morgan fingerprint density at radius 1 is 1.25 bits per heavy atom. The van der Waals surface area contributed by atoms with E-state index in [-0.39, 0.29) is 11.9 Å². The molecular weight excluding hydrogens is 595 g/mol. The van der Waals surface area contributed by atoms with Crippen LogP contribution in [0.5, 0.6) is 0 Å². The van der Waals surface area contributed by atoms with Crippen LogP contribution in [-0.2, 0) is 0 Å². The van der Waals surface area contributed by atoms with Crippen molar-refractivity contribution >= 4 is 73.7 Å². The Morgan fingerprint density at radius 3 is 2.55 bits per heavy atom. The third-order valence-corrected chi connectivity index (χ3v) is 7.40. The number of rotatable bonds is 2. The normalized spacial score (nSPS) is 22.6. The molecule has 0 aliphatic heterocycles. The lowest BCUT2D eigenvalue weighted by Gasteiger charge is -2.35. The summed E-state index contributed by atoms with van der Waals surface area (Å²) >= 11 is 6.72. The van der Waals surface area contributed by atoms with Crippen LogP contribution >= 0.6 is 67.8 Å². The first-order chi connectivity index (χ1) is 9.41. The van der Waals surface area contributed by atoms with E-state index >= 15 is 0 Å². The summed E-state index contributed by atoms with van der Waals surface area (Å²) in [6.07, 6.45) is 3.43. The lowest BCUT2D eigenvalue weighted by molar-refractivity contribution is 0.0267. The zero-order valence-corrected chi connectivity index (χ0v) is 17.5. The van der Waals surface area contributed by atoms with E-state index in [4.69, 9.17) is 0 Å². The number of halogens is 3. The van der Waals surface area contributed by atoms with Crippen molar-refractivity contribution in [1.82, 2.24) is 4.90 Å². The van der Waals surface area contributed by atoms with Crippen molar-refractivity contribution < 1.29 is 9.90 Å². The molecule has 1 aromatic rings. The van der Waals surface area contributed by atoms with Gasteiger partial charge in [-0.2, -0.15) is 0 Å². The van der Waals surface area contributed by atoms with Gasteiger partial charge in [0.05, 0.1) is 17.7 Å². The molecule has 2 unspecified atom stereocenters. The number of hydrogen-bond donors (Lipinski definition) is 1. The van der Waals surface area contributed by atoms with Gasteiger partial charge in [0, 0.05) is 17.8 Å². The van der Waals surface area contributed by atoms with E-state index in [0.29, 0.717) is 0 Å². The van der Waals surface area contributed by atoms with Gasteiger partial charge in [0.2, 0.25) is 0 Å². The average molecular weight is 611 g/mol. The van der Waals surface area contributed by atoms with Gasteiger partial charge >= 0.3 is 0 Å². The minimum Gasteiger partial charge on any atom is -0.391 e. The fourth-order valence-corrected chi connectivity index (χ4v) is 4.98. The van der Waals surface area contributed by atoms with Gasteiger partial charge in [0.25, 0.3) is 5.91 Å². The van der Waals surface area contributed by atoms with Gasteiger partial charge in [-0.1, -0.05) is 12.8 Å². The van der Waals surface area contributed by atoms with Crippen LogP contribution in [0.25, 0.3) is 0 Å². The molecule has 1 fully saturated rings. The van der Waals surface area contributed by atoms with Crippen LogP contribution < -0.4 is 0 Å².